The third kappa shape index (κ3) is 4.57. The van der Waals surface area contributed by atoms with Crippen LogP contribution in [0.15, 0.2) is 24.3 Å². The van der Waals surface area contributed by atoms with Crippen LogP contribution in [-0.4, -0.2) is 51.9 Å². The van der Waals surface area contributed by atoms with Crippen molar-refractivity contribution in [3.05, 3.63) is 52.6 Å². The second-order valence-corrected chi connectivity index (χ2v) is 10.2. The Labute approximate surface area is 214 Å². The Morgan fingerprint density at radius 1 is 1.08 bits per heavy atom. The summed E-state index contributed by atoms with van der Waals surface area (Å²) in [5, 5.41) is 3.67. The van der Waals surface area contributed by atoms with Gasteiger partial charge in [0.1, 0.15) is 23.3 Å². The Hall–Kier alpha value is -3.43. The van der Waals surface area contributed by atoms with Crippen molar-refractivity contribution >= 4 is 28.6 Å². The molecule has 3 aromatic rings. The first-order valence-electron chi connectivity index (χ1n) is 12.7. The van der Waals surface area contributed by atoms with Gasteiger partial charge in [-0.2, -0.15) is 0 Å². The molecule has 0 aliphatic carbocycles. The molecule has 1 aromatic carbocycles. The van der Waals surface area contributed by atoms with Crippen LogP contribution >= 0.6 is 0 Å². The summed E-state index contributed by atoms with van der Waals surface area (Å²) in [5.41, 5.74) is 0.349. The summed E-state index contributed by atoms with van der Waals surface area (Å²) in [6, 6.07) is 5.75. The summed E-state index contributed by atoms with van der Waals surface area (Å²) in [5.74, 6) is 0.342. The number of piperidine rings is 1. The largest absolute Gasteiger partial charge is 0.363 e. The van der Waals surface area contributed by atoms with Crippen molar-refractivity contribution < 1.29 is 18.0 Å². The first kappa shape index (κ1) is 25.2. The fraction of sp³-hybridized carbons (Fsp3) is 0.481. The molecule has 4 heterocycles. The van der Waals surface area contributed by atoms with E-state index in [1.165, 1.54) is 23.5 Å². The van der Waals surface area contributed by atoms with E-state index in [9.17, 15) is 18.0 Å². The molecule has 2 aromatic heterocycles. The summed E-state index contributed by atoms with van der Waals surface area (Å²) in [6.07, 6.45) is 2.56. The molecule has 2 saturated heterocycles. The van der Waals surface area contributed by atoms with Crippen LogP contribution in [0.25, 0.3) is 11.0 Å². The van der Waals surface area contributed by atoms with E-state index in [-0.39, 0.29) is 11.5 Å². The zero-order valence-corrected chi connectivity index (χ0v) is 21.4. The number of carbonyl (C=O) groups excluding carboxylic acids is 1. The van der Waals surface area contributed by atoms with Crippen molar-refractivity contribution in [3.8, 4) is 0 Å². The highest BCUT2D eigenvalue weighted by Crippen LogP contribution is 2.41. The topological polar surface area (TPSA) is 74.2 Å². The Kier molecular flexibility index (Phi) is 6.68. The van der Waals surface area contributed by atoms with E-state index >= 15 is 0 Å². The molecular formula is C27H31F3N6O. The minimum absolute atomic E-state index is 0.0984. The molecule has 37 heavy (non-hydrogen) atoms. The van der Waals surface area contributed by atoms with Crippen LogP contribution in [0.3, 0.4) is 0 Å². The Bertz CT molecular complexity index is 1330. The van der Waals surface area contributed by atoms with Gasteiger partial charge >= 0.3 is 0 Å². The van der Waals surface area contributed by atoms with Crippen LogP contribution in [0, 0.1) is 12.7 Å². The highest BCUT2D eigenvalue weighted by atomic mass is 19.3. The maximum Gasteiger partial charge on any atom is 0.266 e. The van der Waals surface area contributed by atoms with Gasteiger partial charge in [0, 0.05) is 31.7 Å². The second-order valence-electron chi connectivity index (χ2n) is 10.2. The van der Waals surface area contributed by atoms with Crippen molar-refractivity contribution in [1.29, 1.82) is 0 Å². The number of rotatable bonds is 6. The van der Waals surface area contributed by atoms with Gasteiger partial charge in [-0.05, 0) is 52.0 Å². The third-order valence-electron chi connectivity index (χ3n) is 7.47. The predicted molar refractivity (Wildman–Crippen MR) is 137 cm³/mol. The number of halogens is 3. The van der Waals surface area contributed by atoms with Gasteiger partial charge in [-0.15, -0.1) is 0 Å². The minimum Gasteiger partial charge on any atom is -0.363 e. The molecule has 1 amide bonds. The van der Waals surface area contributed by atoms with E-state index in [1.54, 1.807) is 34.0 Å². The van der Waals surface area contributed by atoms with Crippen LogP contribution in [0.4, 0.5) is 24.8 Å². The fourth-order valence-electron chi connectivity index (χ4n) is 5.68. The first-order valence-corrected chi connectivity index (χ1v) is 12.7. The molecule has 3 atom stereocenters. The summed E-state index contributed by atoms with van der Waals surface area (Å²) in [6.45, 7) is 3.41. The fourth-order valence-corrected chi connectivity index (χ4v) is 5.68. The number of alkyl halides is 2. The maximum absolute atomic E-state index is 14.8. The number of aryl methyl sites for hydroxylation is 1. The van der Waals surface area contributed by atoms with Gasteiger partial charge in [0.05, 0.1) is 22.6 Å². The van der Waals surface area contributed by atoms with Gasteiger partial charge < -0.3 is 15.1 Å². The Morgan fingerprint density at radius 3 is 2.41 bits per heavy atom. The molecule has 2 fully saturated rings. The van der Waals surface area contributed by atoms with Crippen molar-refractivity contribution in [2.45, 2.75) is 70.5 Å². The van der Waals surface area contributed by atoms with Crippen LogP contribution in [0.1, 0.15) is 78.8 Å². The number of pyridine rings is 1. The molecule has 1 N–H and O–H groups in total. The standard InChI is InChI=1S/C27H31F3N6O/c1-14(18-9-6-10-19(22(18)28)23(29)30)31-24-20-13-21(27(37)35(3)4)26(34-25(20)33-15(2)32-24)36-16-7-5-8-17(36)12-11-16/h6,9-10,13-14,16-17,23H,5,7-8,11-12H2,1-4H3,(H,31,32,33,34)/t14-,16?,17?/m1/s1. The zero-order valence-electron chi connectivity index (χ0n) is 21.4. The van der Waals surface area contributed by atoms with Gasteiger partial charge in [-0.25, -0.2) is 28.1 Å². The number of nitrogens with one attached hydrogen (secondary N) is 1. The summed E-state index contributed by atoms with van der Waals surface area (Å²) in [4.78, 5) is 31.1. The summed E-state index contributed by atoms with van der Waals surface area (Å²) >= 11 is 0. The number of aromatic nitrogens is 3. The number of hydrogen-bond acceptors (Lipinski definition) is 6. The highest BCUT2D eigenvalue weighted by Gasteiger charge is 2.39. The molecule has 10 heteroatoms. The van der Waals surface area contributed by atoms with Crippen molar-refractivity contribution in [3.63, 3.8) is 0 Å². The number of amides is 1. The summed E-state index contributed by atoms with van der Waals surface area (Å²) < 4.78 is 41.4. The van der Waals surface area contributed by atoms with Gasteiger partial charge in [0.15, 0.2) is 5.65 Å². The third-order valence-corrected chi connectivity index (χ3v) is 7.47. The molecular weight excluding hydrogens is 481 g/mol. The van der Waals surface area contributed by atoms with E-state index in [1.807, 2.05) is 0 Å². The number of fused-ring (bicyclic) bond motifs is 3. The lowest BCUT2D eigenvalue weighted by Gasteiger charge is -2.37. The molecule has 0 radical (unpaired) electrons. The molecule has 2 unspecified atom stereocenters. The molecule has 2 bridgehead atoms. The molecule has 2 aliphatic rings. The number of hydrogen-bond donors (Lipinski definition) is 1. The van der Waals surface area contributed by atoms with Gasteiger partial charge in [-0.3, -0.25) is 4.79 Å². The molecule has 0 saturated carbocycles. The van der Waals surface area contributed by atoms with Gasteiger partial charge in [-0.1, -0.05) is 18.2 Å². The van der Waals surface area contributed by atoms with Crippen molar-refractivity contribution in [2.75, 3.05) is 24.3 Å². The second kappa shape index (κ2) is 9.79. The summed E-state index contributed by atoms with van der Waals surface area (Å²) in [7, 11) is 3.40. The van der Waals surface area contributed by atoms with Crippen LogP contribution < -0.4 is 10.2 Å². The number of carbonyl (C=O) groups is 1. The average Bonchev–Trinajstić information content (AvgIpc) is 3.09. The van der Waals surface area contributed by atoms with E-state index in [2.05, 4.69) is 20.2 Å². The van der Waals surface area contributed by atoms with Gasteiger partial charge in [0.2, 0.25) is 0 Å². The van der Waals surface area contributed by atoms with E-state index < -0.39 is 23.8 Å². The minimum atomic E-state index is -2.92. The lowest BCUT2D eigenvalue weighted by molar-refractivity contribution is 0.0827. The van der Waals surface area contributed by atoms with E-state index in [0.717, 1.165) is 31.7 Å². The average molecular weight is 513 g/mol. The quantitative estimate of drug-likeness (QED) is 0.450. The number of nitrogens with zero attached hydrogens (tertiary/aromatic N) is 5. The molecule has 2 aliphatic heterocycles. The van der Waals surface area contributed by atoms with Crippen LogP contribution in [-0.2, 0) is 0 Å². The van der Waals surface area contributed by atoms with Gasteiger partial charge in [0.25, 0.3) is 12.3 Å². The molecule has 0 spiro atoms. The number of anilines is 2. The smallest absolute Gasteiger partial charge is 0.266 e. The zero-order chi connectivity index (χ0) is 26.4. The molecule has 196 valence electrons. The predicted octanol–water partition coefficient (Wildman–Crippen LogP) is 5.81. The normalized spacial score (nSPS) is 19.9. The lowest BCUT2D eigenvalue weighted by Crippen LogP contribution is -2.41. The monoisotopic (exact) mass is 512 g/mol. The van der Waals surface area contributed by atoms with Crippen molar-refractivity contribution in [1.82, 2.24) is 19.9 Å². The Balaban J connectivity index is 1.61. The van der Waals surface area contributed by atoms with E-state index in [4.69, 9.17) is 4.98 Å². The molecule has 7 nitrogen and oxygen atoms in total. The molecule has 5 rings (SSSR count). The van der Waals surface area contributed by atoms with Crippen LogP contribution in [0.2, 0.25) is 0 Å². The van der Waals surface area contributed by atoms with Crippen molar-refractivity contribution in [2.24, 2.45) is 0 Å². The first-order chi connectivity index (χ1) is 17.7. The number of benzene rings is 1. The lowest BCUT2D eigenvalue weighted by atomic mass is 10.0. The SMILES string of the molecule is Cc1nc(N[C@H](C)c2cccc(C(F)F)c2F)c2cc(C(=O)N(C)C)c(N3C4CCCC3CC4)nc2n1. The highest BCUT2D eigenvalue weighted by molar-refractivity contribution is 6.03. The van der Waals surface area contributed by atoms with Crippen LogP contribution in [0.5, 0.6) is 0 Å². The maximum atomic E-state index is 14.8. The van der Waals surface area contributed by atoms with E-state index in [0.29, 0.717) is 46.1 Å². The Morgan fingerprint density at radius 2 is 1.76 bits per heavy atom.